The smallest absolute Gasteiger partial charge is 0.311 e. The minimum absolute atomic E-state index is 0.0397. The zero-order valence-corrected chi connectivity index (χ0v) is 12.2. The Morgan fingerprint density at radius 2 is 2.20 bits per heavy atom. The number of carboxylic acid groups (broad SMARTS) is 1. The van der Waals surface area contributed by atoms with E-state index in [-0.39, 0.29) is 18.4 Å². The first-order valence-electron chi connectivity index (χ1n) is 6.50. The number of carboxylic acids is 1. The van der Waals surface area contributed by atoms with E-state index in [2.05, 4.69) is 4.98 Å². The van der Waals surface area contributed by atoms with E-state index in [0.717, 1.165) is 0 Å². The van der Waals surface area contributed by atoms with Crippen molar-refractivity contribution in [2.45, 2.75) is 20.3 Å². The molecule has 6 heteroatoms. The number of aromatic nitrogens is 1. The van der Waals surface area contributed by atoms with Crippen LogP contribution in [0.3, 0.4) is 0 Å². The highest BCUT2D eigenvalue weighted by molar-refractivity contribution is 6.33. The number of rotatable bonds is 3. The van der Waals surface area contributed by atoms with Crippen LogP contribution in [0.2, 0.25) is 5.02 Å². The molecule has 0 saturated carbocycles. The average Bonchev–Trinajstić information content (AvgIpc) is 2.85. The molecule has 1 saturated heterocycles. The lowest BCUT2D eigenvalue weighted by Crippen LogP contribution is -2.40. The third-order valence-electron chi connectivity index (χ3n) is 4.12. The van der Waals surface area contributed by atoms with Crippen molar-refractivity contribution in [2.24, 2.45) is 11.3 Å². The van der Waals surface area contributed by atoms with Crippen molar-refractivity contribution in [3.8, 4) is 0 Å². The first-order chi connectivity index (χ1) is 9.38. The third-order valence-corrected chi connectivity index (χ3v) is 4.45. The molecule has 1 aromatic heterocycles. The van der Waals surface area contributed by atoms with Gasteiger partial charge in [0.25, 0.3) is 5.91 Å². The molecule has 1 aromatic rings. The molecule has 1 N–H and O–H groups in total. The normalized spacial score (nSPS) is 22.3. The Bertz CT molecular complexity index is 547. The van der Waals surface area contributed by atoms with Crippen LogP contribution < -0.4 is 0 Å². The number of hydrogen-bond donors (Lipinski definition) is 1. The first-order valence-corrected chi connectivity index (χ1v) is 6.88. The second-order valence-corrected chi connectivity index (χ2v) is 5.86. The van der Waals surface area contributed by atoms with E-state index in [1.807, 2.05) is 13.8 Å². The number of nitrogens with zero attached hydrogens (tertiary/aromatic N) is 2. The molecule has 0 bridgehead atoms. The fourth-order valence-corrected chi connectivity index (χ4v) is 2.79. The number of halogens is 1. The van der Waals surface area contributed by atoms with Crippen molar-refractivity contribution in [1.82, 2.24) is 9.88 Å². The molecule has 1 atom stereocenters. The fraction of sp³-hybridized carbons (Fsp3) is 0.500. The van der Waals surface area contributed by atoms with Crippen LogP contribution in [0.4, 0.5) is 0 Å². The number of amides is 1. The first kappa shape index (κ1) is 14.8. The molecule has 1 fully saturated rings. The van der Waals surface area contributed by atoms with Crippen molar-refractivity contribution in [3.63, 3.8) is 0 Å². The van der Waals surface area contributed by atoms with Gasteiger partial charge in [-0.05, 0) is 18.4 Å². The van der Waals surface area contributed by atoms with Gasteiger partial charge >= 0.3 is 5.97 Å². The largest absolute Gasteiger partial charge is 0.481 e. The van der Waals surface area contributed by atoms with Crippen LogP contribution in [0.25, 0.3) is 0 Å². The molecular weight excluding hydrogens is 280 g/mol. The lowest BCUT2D eigenvalue weighted by Gasteiger charge is -2.28. The van der Waals surface area contributed by atoms with Crippen LogP contribution in [-0.2, 0) is 4.79 Å². The Kier molecular flexibility index (Phi) is 3.99. The second-order valence-electron chi connectivity index (χ2n) is 5.45. The Balaban J connectivity index is 2.23. The molecular formula is C14H17ClN2O3. The lowest BCUT2D eigenvalue weighted by atomic mass is 9.76. The van der Waals surface area contributed by atoms with Gasteiger partial charge in [-0.25, -0.2) is 0 Å². The summed E-state index contributed by atoms with van der Waals surface area (Å²) < 4.78 is 0. The van der Waals surface area contributed by atoms with Crippen LogP contribution in [0.1, 0.15) is 30.6 Å². The van der Waals surface area contributed by atoms with E-state index in [1.165, 1.54) is 12.4 Å². The zero-order valence-electron chi connectivity index (χ0n) is 11.5. The van der Waals surface area contributed by atoms with E-state index in [4.69, 9.17) is 11.6 Å². The van der Waals surface area contributed by atoms with Gasteiger partial charge in [0.05, 0.1) is 16.0 Å². The molecule has 0 spiro atoms. The Morgan fingerprint density at radius 1 is 1.50 bits per heavy atom. The molecule has 2 heterocycles. The molecule has 2 rings (SSSR count). The van der Waals surface area contributed by atoms with E-state index in [1.54, 1.807) is 11.0 Å². The van der Waals surface area contributed by atoms with Crippen molar-refractivity contribution < 1.29 is 14.7 Å². The van der Waals surface area contributed by atoms with Crippen LogP contribution >= 0.6 is 11.6 Å². The SMILES string of the molecule is CC(C)C1(C(=O)O)CCN(C(=O)c2cnccc2Cl)C1. The molecule has 0 aliphatic carbocycles. The molecule has 0 aromatic carbocycles. The van der Waals surface area contributed by atoms with Gasteiger partial charge in [0.2, 0.25) is 0 Å². The van der Waals surface area contributed by atoms with Crippen molar-refractivity contribution in [1.29, 1.82) is 0 Å². The van der Waals surface area contributed by atoms with Crippen molar-refractivity contribution in [3.05, 3.63) is 29.0 Å². The molecule has 0 radical (unpaired) electrons. The van der Waals surface area contributed by atoms with Gasteiger partial charge in [0.1, 0.15) is 0 Å². The van der Waals surface area contributed by atoms with E-state index in [9.17, 15) is 14.7 Å². The molecule has 1 aliphatic heterocycles. The summed E-state index contributed by atoms with van der Waals surface area (Å²) in [5.74, 6) is -1.14. The van der Waals surface area contributed by atoms with Gasteiger partial charge in [-0.3, -0.25) is 14.6 Å². The standard InChI is InChI=1S/C14H17ClN2O3/c1-9(2)14(13(19)20)4-6-17(8-14)12(18)10-7-16-5-3-11(10)15/h3,5,7,9H,4,6,8H2,1-2H3,(H,19,20). The van der Waals surface area contributed by atoms with Crippen molar-refractivity contribution >= 4 is 23.5 Å². The summed E-state index contributed by atoms with van der Waals surface area (Å²) in [4.78, 5) is 29.4. The maximum atomic E-state index is 12.4. The molecule has 1 unspecified atom stereocenters. The van der Waals surface area contributed by atoms with E-state index in [0.29, 0.717) is 23.6 Å². The van der Waals surface area contributed by atoms with Gasteiger partial charge in [0, 0.05) is 25.5 Å². The van der Waals surface area contributed by atoms with Gasteiger partial charge in [0.15, 0.2) is 0 Å². The number of likely N-dealkylation sites (tertiary alicyclic amines) is 1. The van der Waals surface area contributed by atoms with Crippen LogP contribution in [0, 0.1) is 11.3 Å². The number of pyridine rings is 1. The Labute approximate surface area is 122 Å². The highest BCUT2D eigenvalue weighted by atomic mass is 35.5. The second kappa shape index (κ2) is 5.40. The predicted molar refractivity (Wildman–Crippen MR) is 74.7 cm³/mol. The van der Waals surface area contributed by atoms with E-state index < -0.39 is 11.4 Å². The summed E-state index contributed by atoms with van der Waals surface area (Å²) in [5, 5.41) is 9.82. The van der Waals surface area contributed by atoms with Crippen LogP contribution in [-0.4, -0.2) is 40.0 Å². The summed E-state index contributed by atoms with van der Waals surface area (Å²) in [6.45, 7) is 4.39. The van der Waals surface area contributed by atoms with E-state index >= 15 is 0 Å². The Hall–Kier alpha value is -1.62. The summed E-state index contributed by atoms with van der Waals surface area (Å²) >= 11 is 5.99. The zero-order chi connectivity index (χ0) is 14.9. The van der Waals surface area contributed by atoms with Gasteiger partial charge in [-0.2, -0.15) is 0 Å². The lowest BCUT2D eigenvalue weighted by molar-refractivity contribution is -0.150. The molecule has 5 nitrogen and oxygen atoms in total. The maximum absolute atomic E-state index is 12.4. The molecule has 1 aliphatic rings. The average molecular weight is 297 g/mol. The van der Waals surface area contributed by atoms with Gasteiger partial charge < -0.3 is 10.0 Å². The maximum Gasteiger partial charge on any atom is 0.311 e. The quantitative estimate of drug-likeness (QED) is 0.929. The predicted octanol–water partition coefficient (Wildman–Crippen LogP) is 2.31. The van der Waals surface area contributed by atoms with Crippen molar-refractivity contribution in [2.75, 3.05) is 13.1 Å². The fourth-order valence-electron chi connectivity index (χ4n) is 2.60. The highest BCUT2D eigenvalue weighted by Gasteiger charge is 2.48. The number of aliphatic carboxylic acids is 1. The minimum Gasteiger partial charge on any atom is -0.481 e. The molecule has 108 valence electrons. The third kappa shape index (κ3) is 2.38. The number of carbonyl (C=O) groups excluding carboxylic acids is 1. The number of carbonyl (C=O) groups is 2. The summed E-state index contributed by atoms with van der Waals surface area (Å²) in [5.41, 5.74) is -0.552. The van der Waals surface area contributed by atoms with Gasteiger partial charge in [-0.15, -0.1) is 0 Å². The summed E-state index contributed by atoms with van der Waals surface area (Å²) in [7, 11) is 0. The minimum atomic E-state index is -0.871. The monoisotopic (exact) mass is 296 g/mol. The topological polar surface area (TPSA) is 70.5 Å². The highest BCUT2D eigenvalue weighted by Crippen LogP contribution is 2.38. The summed E-state index contributed by atoms with van der Waals surface area (Å²) in [6.07, 6.45) is 3.39. The van der Waals surface area contributed by atoms with Gasteiger partial charge in [-0.1, -0.05) is 25.4 Å². The summed E-state index contributed by atoms with van der Waals surface area (Å²) in [6, 6.07) is 1.55. The number of hydrogen-bond acceptors (Lipinski definition) is 3. The molecule has 1 amide bonds. The molecule has 20 heavy (non-hydrogen) atoms. The Morgan fingerprint density at radius 3 is 2.70 bits per heavy atom. The van der Waals surface area contributed by atoms with Crippen LogP contribution in [0.5, 0.6) is 0 Å². The van der Waals surface area contributed by atoms with Crippen LogP contribution in [0.15, 0.2) is 18.5 Å².